The first-order valence-electron chi connectivity index (χ1n) is 7.44. The quantitative estimate of drug-likeness (QED) is 0.874. The minimum atomic E-state index is 0.608. The minimum absolute atomic E-state index is 0.608. The Morgan fingerprint density at radius 1 is 1.21 bits per heavy atom. The van der Waals surface area contributed by atoms with E-state index in [0.29, 0.717) is 6.04 Å². The van der Waals surface area contributed by atoms with Gasteiger partial charge in [-0.15, -0.1) is 0 Å². The van der Waals surface area contributed by atoms with Gasteiger partial charge in [0.2, 0.25) is 0 Å². The first kappa shape index (κ1) is 13.1. The molecule has 3 rings (SSSR count). The van der Waals surface area contributed by atoms with Crippen molar-refractivity contribution in [3.8, 4) is 0 Å². The van der Waals surface area contributed by atoms with Gasteiger partial charge >= 0.3 is 0 Å². The summed E-state index contributed by atoms with van der Waals surface area (Å²) in [6.07, 6.45) is 2.54. The summed E-state index contributed by atoms with van der Waals surface area (Å²) in [5.74, 6) is 0. The van der Waals surface area contributed by atoms with E-state index in [1.54, 1.807) is 5.56 Å². The Labute approximate surface area is 116 Å². The molecular formula is C16H25N3. The van der Waals surface area contributed by atoms with E-state index in [0.717, 1.165) is 19.1 Å². The highest BCUT2D eigenvalue weighted by Crippen LogP contribution is 2.32. The van der Waals surface area contributed by atoms with Gasteiger partial charge in [0.05, 0.1) is 0 Å². The molecule has 2 aliphatic rings. The molecule has 1 aromatic rings. The summed E-state index contributed by atoms with van der Waals surface area (Å²) in [4.78, 5) is 5.07. The molecule has 2 atom stereocenters. The van der Waals surface area contributed by atoms with Crippen molar-refractivity contribution >= 4 is 0 Å². The molecule has 0 aromatic heterocycles. The van der Waals surface area contributed by atoms with E-state index in [2.05, 4.69) is 53.5 Å². The summed E-state index contributed by atoms with van der Waals surface area (Å²) in [6.45, 7) is 4.61. The van der Waals surface area contributed by atoms with E-state index in [-0.39, 0.29) is 0 Å². The number of nitrogens with one attached hydrogen (secondary N) is 1. The maximum absolute atomic E-state index is 3.55. The lowest BCUT2D eigenvalue weighted by atomic mass is 9.98. The molecule has 1 fully saturated rings. The summed E-state index contributed by atoms with van der Waals surface area (Å²) in [5.41, 5.74) is 3.03. The lowest BCUT2D eigenvalue weighted by Crippen LogP contribution is -2.33. The molecule has 104 valence electrons. The predicted octanol–water partition coefficient (Wildman–Crippen LogP) is 1.86. The van der Waals surface area contributed by atoms with Gasteiger partial charge in [0, 0.05) is 31.7 Å². The molecule has 19 heavy (non-hydrogen) atoms. The first-order chi connectivity index (χ1) is 9.25. The van der Waals surface area contributed by atoms with Crippen molar-refractivity contribution in [3.05, 3.63) is 35.4 Å². The number of likely N-dealkylation sites (tertiary alicyclic amines) is 1. The topological polar surface area (TPSA) is 18.5 Å². The van der Waals surface area contributed by atoms with Crippen LogP contribution < -0.4 is 5.32 Å². The highest BCUT2D eigenvalue weighted by molar-refractivity contribution is 5.31. The predicted molar refractivity (Wildman–Crippen MR) is 79.2 cm³/mol. The molecular weight excluding hydrogens is 234 g/mol. The molecule has 2 heterocycles. The van der Waals surface area contributed by atoms with E-state index in [4.69, 9.17) is 0 Å². The Bertz CT molecular complexity index is 430. The van der Waals surface area contributed by atoms with E-state index in [1.807, 2.05) is 0 Å². The number of nitrogens with zero attached hydrogens (tertiary/aromatic N) is 2. The highest BCUT2D eigenvalue weighted by atomic mass is 15.2. The highest BCUT2D eigenvalue weighted by Gasteiger charge is 2.31. The molecule has 0 radical (unpaired) electrons. The second-order valence-corrected chi connectivity index (χ2v) is 6.08. The third-order valence-corrected chi connectivity index (χ3v) is 4.69. The second-order valence-electron chi connectivity index (χ2n) is 6.08. The van der Waals surface area contributed by atoms with E-state index in [1.165, 1.54) is 31.5 Å². The number of hydrogen-bond donors (Lipinski definition) is 1. The summed E-state index contributed by atoms with van der Waals surface area (Å²) < 4.78 is 0. The SMILES string of the molecule is CN(C)C1CCN(C2CCNCc3ccccc32)C1. The van der Waals surface area contributed by atoms with Crippen LogP contribution in [0.4, 0.5) is 0 Å². The zero-order valence-electron chi connectivity index (χ0n) is 12.1. The van der Waals surface area contributed by atoms with Gasteiger partial charge in [0.1, 0.15) is 0 Å². The van der Waals surface area contributed by atoms with Gasteiger partial charge in [-0.05, 0) is 44.6 Å². The third kappa shape index (κ3) is 2.69. The van der Waals surface area contributed by atoms with Gasteiger partial charge in [-0.1, -0.05) is 24.3 Å². The van der Waals surface area contributed by atoms with Crippen molar-refractivity contribution < 1.29 is 0 Å². The van der Waals surface area contributed by atoms with Crippen molar-refractivity contribution in [2.24, 2.45) is 0 Å². The second kappa shape index (κ2) is 5.61. The average molecular weight is 259 g/mol. The number of likely N-dealkylation sites (N-methyl/N-ethyl adjacent to an activating group) is 1. The number of fused-ring (bicyclic) bond motifs is 1. The Morgan fingerprint density at radius 2 is 2.05 bits per heavy atom. The Balaban J connectivity index is 1.81. The van der Waals surface area contributed by atoms with Crippen LogP contribution in [0.15, 0.2) is 24.3 Å². The van der Waals surface area contributed by atoms with Crippen molar-refractivity contribution in [1.82, 2.24) is 15.1 Å². The maximum Gasteiger partial charge on any atom is 0.0364 e. The first-order valence-corrected chi connectivity index (χ1v) is 7.44. The lowest BCUT2D eigenvalue weighted by molar-refractivity contribution is 0.209. The van der Waals surface area contributed by atoms with Crippen LogP contribution in [0, 0.1) is 0 Å². The Morgan fingerprint density at radius 3 is 2.84 bits per heavy atom. The Kier molecular flexibility index (Phi) is 3.87. The fourth-order valence-electron chi connectivity index (χ4n) is 3.49. The molecule has 1 N–H and O–H groups in total. The monoisotopic (exact) mass is 259 g/mol. The standard InChI is InChI=1S/C16H25N3/c1-18(2)14-8-10-19(12-14)16-7-9-17-11-13-5-3-4-6-15(13)16/h3-6,14,16-17H,7-12H2,1-2H3. The summed E-state index contributed by atoms with van der Waals surface area (Å²) in [7, 11) is 4.41. The summed E-state index contributed by atoms with van der Waals surface area (Å²) in [5, 5.41) is 3.55. The zero-order valence-corrected chi connectivity index (χ0v) is 12.1. The van der Waals surface area contributed by atoms with Gasteiger partial charge in [0.15, 0.2) is 0 Å². The van der Waals surface area contributed by atoms with Crippen molar-refractivity contribution in [2.75, 3.05) is 33.7 Å². The molecule has 2 aliphatic heterocycles. The molecule has 0 spiro atoms. The van der Waals surface area contributed by atoms with Gasteiger partial charge < -0.3 is 10.2 Å². The molecule has 0 aliphatic carbocycles. The van der Waals surface area contributed by atoms with Crippen LogP contribution >= 0.6 is 0 Å². The summed E-state index contributed by atoms with van der Waals surface area (Å²) in [6, 6.07) is 10.3. The van der Waals surface area contributed by atoms with Crippen LogP contribution in [0.25, 0.3) is 0 Å². The number of benzene rings is 1. The van der Waals surface area contributed by atoms with Gasteiger partial charge in [-0.2, -0.15) is 0 Å². The molecule has 0 amide bonds. The van der Waals surface area contributed by atoms with E-state index < -0.39 is 0 Å². The normalized spacial score (nSPS) is 28.4. The van der Waals surface area contributed by atoms with Crippen LogP contribution in [-0.2, 0) is 6.54 Å². The molecule has 1 aromatic carbocycles. The molecule has 3 heteroatoms. The lowest BCUT2D eigenvalue weighted by Gasteiger charge is -2.29. The molecule has 1 saturated heterocycles. The van der Waals surface area contributed by atoms with Crippen LogP contribution in [0.2, 0.25) is 0 Å². The largest absolute Gasteiger partial charge is 0.313 e. The van der Waals surface area contributed by atoms with E-state index >= 15 is 0 Å². The molecule has 3 nitrogen and oxygen atoms in total. The van der Waals surface area contributed by atoms with Crippen molar-refractivity contribution in [3.63, 3.8) is 0 Å². The number of hydrogen-bond acceptors (Lipinski definition) is 3. The number of rotatable bonds is 2. The minimum Gasteiger partial charge on any atom is -0.313 e. The van der Waals surface area contributed by atoms with Crippen molar-refractivity contribution in [1.29, 1.82) is 0 Å². The van der Waals surface area contributed by atoms with Crippen molar-refractivity contribution in [2.45, 2.75) is 31.5 Å². The summed E-state index contributed by atoms with van der Waals surface area (Å²) >= 11 is 0. The molecule has 2 unspecified atom stereocenters. The zero-order chi connectivity index (χ0) is 13.2. The third-order valence-electron chi connectivity index (χ3n) is 4.69. The molecule has 0 bridgehead atoms. The van der Waals surface area contributed by atoms with Gasteiger partial charge in [0.25, 0.3) is 0 Å². The maximum atomic E-state index is 3.55. The van der Waals surface area contributed by atoms with Gasteiger partial charge in [-0.3, -0.25) is 4.90 Å². The fourth-order valence-corrected chi connectivity index (χ4v) is 3.49. The van der Waals surface area contributed by atoms with E-state index in [9.17, 15) is 0 Å². The fraction of sp³-hybridized carbons (Fsp3) is 0.625. The average Bonchev–Trinajstić information content (AvgIpc) is 2.80. The van der Waals surface area contributed by atoms with Crippen LogP contribution in [0.1, 0.15) is 30.0 Å². The Hall–Kier alpha value is -0.900. The van der Waals surface area contributed by atoms with Crippen LogP contribution in [-0.4, -0.2) is 49.6 Å². The smallest absolute Gasteiger partial charge is 0.0364 e. The van der Waals surface area contributed by atoms with Crippen LogP contribution in [0.5, 0.6) is 0 Å². The van der Waals surface area contributed by atoms with Crippen LogP contribution in [0.3, 0.4) is 0 Å². The molecule has 0 saturated carbocycles. The van der Waals surface area contributed by atoms with Gasteiger partial charge in [-0.25, -0.2) is 0 Å².